The monoisotopic (exact) mass is 391 g/mol. The molecule has 2 aromatic rings. The first kappa shape index (κ1) is 18.0. The standard InChI is InChI=1S/C18H18BrNO4/c1-12-3-8-16(13(2)9-12)20-17(21)10-24-18(22)11-23-15-6-4-14(19)5-7-15/h3-9H,10-11H2,1-2H3,(H,20,21). The molecule has 0 atom stereocenters. The predicted molar refractivity (Wildman–Crippen MR) is 95.1 cm³/mol. The lowest BCUT2D eigenvalue weighted by atomic mass is 10.1. The second kappa shape index (κ2) is 8.49. The molecule has 6 heteroatoms. The molecule has 0 heterocycles. The largest absolute Gasteiger partial charge is 0.482 e. The van der Waals surface area contributed by atoms with E-state index in [1.54, 1.807) is 24.3 Å². The molecule has 0 aromatic heterocycles. The molecule has 0 aliphatic carbocycles. The van der Waals surface area contributed by atoms with Gasteiger partial charge in [-0.3, -0.25) is 4.79 Å². The van der Waals surface area contributed by atoms with Gasteiger partial charge in [0.2, 0.25) is 0 Å². The Morgan fingerprint density at radius 3 is 2.42 bits per heavy atom. The number of halogens is 1. The first-order valence-corrected chi connectivity index (χ1v) is 8.14. The Labute approximate surface area is 149 Å². The molecule has 0 unspecified atom stereocenters. The lowest BCUT2D eigenvalue weighted by Gasteiger charge is -2.10. The number of rotatable bonds is 6. The molecule has 0 radical (unpaired) electrons. The van der Waals surface area contributed by atoms with Crippen LogP contribution < -0.4 is 10.1 Å². The van der Waals surface area contributed by atoms with E-state index in [2.05, 4.69) is 21.2 Å². The highest BCUT2D eigenvalue weighted by Crippen LogP contribution is 2.16. The highest BCUT2D eigenvalue weighted by atomic mass is 79.9. The minimum absolute atomic E-state index is 0.252. The average molecular weight is 392 g/mol. The van der Waals surface area contributed by atoms with Crippen LogP contribution in [0.4, 0.5) is 5.69 Å². The number of esters is 1. The summed E-state index contributed by atoms with van der Waals surface area (Å²) in [5.74, 6) is -0.442. The van der Waals surface area contributed by atoms with Crippen molar-refractivity contribution in [3.05, 3.63) is 58.1 Å². The van der Waals surface area contributed by atoms with E-state index < -0.39 is 5.97 Å². The lowest BCUT2D eigenvalue weighted by molar-refractivity contribution is -0.149. The van der Waals surface area contributed by atoms with Gasteiger partial charge in [0.1, 0.15) is 5.75 Å². The zero-order valence-electron chi connectivity index (χ0n) is 13.5. The Morgan fingerprint density at radius 2 is 1.75 bits per heavy atom. The molecule has 2 aromatic carbocycles. The van der Waals surface area contributed by atoms with Gasteiger partial charge in [-0.25, -0.2) is 4.79 Å². The van der Waals surface area contributed by atoms with Gasteiger partial charge in [0.05, 0.1) is 0 Å². The smallest absolute Gasteiger partial charge is 0.344 e. The number of ether oxygens (including phenoxy) is 2. The molecule has 0 fully saturated rings. The number of carbonyl (C=O) groups excluding carboxylic acids is 2. The Balaban J connectivity index is 1.74. The molecular weight excluding hydrogens is 374 g/mol. The van der Waals surface area contributed by atoms with Crippen LogP contribution in [0.25, 0.3) is 0 Å². The number of carbonyl (C=O) groups is 2. The van der Waals surface area contributed by atoms with E-state index in [9.17, 15) is 9.59 Å². The molecule has 0 saturated carbocycles. The van der Waals surface area contributed by atoms with Crippen LogP contribution in [0, 0.1) is 13.8 Å². The molecule has 24 heavy (non-hydrogen) atoms. The van der Waals surface area contributed by atoms with E-state index in [-0.39, 0.29) is 19.1 Å². The van der Waals surface area contributed by atoms with E-state index in [1.165, 1.54) is 0 Å². The Kier molecular flexibility index (Phi) is 6.37. The third kappa shape index (κ3) is 5.70. The zero-order chi connectivity index (χ0) is 17.5. The second-order valence-corrected chi connectivity index (χ2v) is 6.19. The number of hydrogen-bond acceptors (Lipinski definition) is 4. The predicted octanol–water partition coefficient (Wildman–Crippen LogP) is 3.63. The summed E-state index contributed by atoms with van der Waals surface area (Å²) in [4.78, 5) is 23.4. The molecule has 0 aliphatic rings. The molecule has 0 spiro atoms. The molecule has 2 rings (SSSR count). The van der Waals surface area contributed by atoms with E-state index in [0.29, 0.717) is 11.4 Å². The minimum Gasteiger partial charge on any atom is -0.482 e. The van der Waals surface area contributed by atoms with E-state index >= 15 is 0 Å². The maximum Gasteiger partial charge on any atom is 0.344 e. The van der Waals surface area contributed by atoms with Crippen LogP contribution in [-0.4, -0.2) is 25.1 Å². The van der Waals surface area contributed by atoms with E-state index in [4.69, 9.17) is 9.47 Å². The van der Waals surface area contributed by atoms with Crippen LogP contribution in [0.2, 0.25) is 0 Å². The Bertz CT molecular complexity index is 728. The molecule has 0 aliphatic heterocycles. The van der Waals surface area contributed by atoms with Crippen molar-refractivity contribution in [2.24, 2.45) is 0 Å². The normalized spacial score (nSPS) is 10.1. The van der Waals surface area contributed by atoms with Crippen LogP contribution in [0.5, 0.6) is 5.75 Å². The maximum absolute atomic E-state index is 11.8. The summed E-state index contributed by atoms with van der Waals surface area (Å²) < 4.78 is 11.1. The third-order valence-electron chi connectivity index (χ3n) is 3.19. The quantitative estimate of drug-likeness (QED) is 0.763. The Morgan fingerprint density at radius 1 is 1.04 bits per heavy atom. The summed E-state index contributed by atoms with van der Waals surface area (Å²) in [5.41, 5.74) is 2.77. The number of amides is 1. The molecule has 0 saturated heterocycles. The summed E-state index contributed by atoms with van der Waals surface area (Å²) in [7, 11) is 0. The van der Waals surface area contributed by atoms with Crippen molar-refractivity contribution in [1.82, 2.24) is 0 Å². The van der Waals surface area contributed by atoms with Gasteiger partial charge in [-0.1, -0.05) is 33.6 Å². The van der Waals surface area contributed by atoms with Gasteiger partial charge in [0.15, 0.2) is 13.2 Å². The van der Waals surface area contributed by atoms with Crippen LogP contribution >= 0.6 is 15.9 Å². The van der Waals surface area contributed by atoms with Crippen LogP contribution in [0.15, 0.2) is 46.9 Å². The SMILES string of the molecule is Cc1ccc(NC(=O)COC(=O)COc2ccc(Br)cc2)c(C)c1. The molecule has 126 valence electrons. The Hall–Kier alpha value is -2.34. The van der Waals surface area contributed by atoms with Gasteiger partial charge < -0.3 is 14.8 Å². The minimum atomic E-state index is -0.603. The van der Waals surface area contributed by atoms with Crippen molar-refractivity contribution in [2.75, 3.05) is 18.5 Å². The van der Waals surface area contributed by atoms with Crippen LogP contribution in [-0.2, 0) is 14.3 Å². The summed E-state index contributed by atoms with van der Waals surface area (Å²) in [6, 6.07) is 12.7. The van der Waals surface area contributed by atoms with Gasteiger partial charge in [0, 0.05) is 10.2 Å². The number of anilines is 1. The van der Waals surface area contributed by atoms with Gasteiger partial charge in [-0.05, 0) is 49.7 Å². The fourth-order valence-electron chi connectivity index (χ4n) is 2.00. The van der Waals surface area contributed by atoms with Gasteiger partial charge in [-0.15, -0.1) is 0 Å². The average Bonchev–Trinajstić information content (AvgIpc) is 2.55. The first-order chi connectivity index (χ1) is 11.4. The van der Waals surface area contributed by atoms with Crippen molar-refractivity contribution in [3.63, 3.8) is 0 Å². The summed E-state index contributed by atoms with van der Waals surface area (Å²) >= 11 is 3.31. The number of hydrogen-bond donors (Lipinski definition) is 1. The lowest BCUT2D eigenvalue weighted by Crippen LogP contribution is -2.24. The number of aryl methyl sites for hydroxylation is 2. The molecule has 0 bridgehead atoms. The van der Waals surface area contributed by atoms with E-state index in [0.717, 1.165) is 15.6 Å². The summed E-state index contributed by atoms with van der Waals surface area (Å²) in [6.07, 6.45) is 0. The highest BCUT2D eigenvalue weighted by molar-refractivity contribution is 9.10. The fraction of sp³-hybridized carbons (Fsp3) is 0.222. The summed E-state index contributed by atoms with van der Waals surface area (Å²) in [5, 5.41) is 2.71. The number of nitrogens with one attached hydrogen (secondary N) is 1. The molecule has 1 N–H and O–H groups in total. The van der Waals surface area contributed by atoms with Gasteiger partial charge in [-0.2, -0.15) is 0 Å². The molecular formula is C18H18BrNO4. The van der Waals surface area contributed by atoms with Crippen molar-refractivity contribution < 1.29 is 19.1 Å². The van der Waals surface area contributed by atoms with Crippen molar-refractivity contribution in [1.29, 1.82) is 0 Å². The van der Waals surface area contributed by atoms with Crippen molar-refractivity contribution >= 4 is 33.5 Å². The van der Waals surface area contributed by atoms with Crippen molar-refractivity contribution in [3.8, 4) is 5.75 Å². The highest BCUT2D eigenvalue weighted by Gasteiger charge is 2.10. The zero-order valence-corrected chi connectivity index (χ0v) is 15.1. The second-order valence-electron chi connectivity index (χ2n) is 5.27. The number of benzene rings is 2. The van der Waals surface area contributed by atoms with Gasteiger partial charge >= 0.3 is 5.97 Å². The van der Waals surface area contributed by atoms with Crippen LogP contribution in [0.1, 0.15) is 11.1 Å². The van der Waals surface area contributed by atoms with Crippen LogP contribution in [0.3, 0.4) is 0 Å². The van der Waals surface area contributed by atoms with E-state index in [1.807, 2.05) is 32.0 Å². The maximum atomic E-state index is 11.8. The topological polar surface area (TPSA) is 64.6 Å². The van der Waals surface area contributed by atoms with Crippen molar-refractivity contribution in [2.45, 2.75) is 13.8 Å². The fourth-order valence-corrected chi connectivity index (χ4v) is 2.27. The third-order valence-corrected chi connectivity index (χ3v) is 3.72. The summed E-state index contributed by atoms with van der Waals surface area (Å²) in [6.45, 7) is 3.28. The molecule has 1 amide bonds. The van der Waals surface area contributed by atoms with Gasteiger partial charge in [0.25, 0.3) is 5.91 Å². The first-order valence-electron chi connectivity index (χ1n) is 7.35. The molecule has 5 nitrogen and oxygen atoms in total.